The average Bonchev–Trinajstić information content (AvgIpc) is 3.33. The minimum Gasteiger partial charge on any atom is -0.480 e. The van der Waals surface area contributed by atoms with Gasteiger partial charge in [-0.2, -0.15) is 5.26 Å². The number of carbonyl (C=O) groups excluding carboxylic acids is 1. The Morgan fingerprint density at radius 3 is 2.59 bits per heavy atom. The molecule has 1 aliphatic rings. The third kappa shape index (κ3) is 4.90. The molecule has 1 amide bonds. The normalized spacial score (nSPS) is 14.5. The lowest BCUT2D eigenvalue weighted by Crippen LogP contribution is -2.47. The first kappa shape index (κ1) is 24.4. The summed E-state index contributed by atoms with van der Waals surface area (Å²) in [7, 11) is 4.26. The standard InChI is InChI=1S/C27H26N7O2P/c1-32-9-11-33(12-10-32)27(35)20(15-28)13-18-3-2-4-21(14-18)34-16-23(19-5-7-22(36-37)8-6-19)24-25(29)30-17-31-26(24)34/h2-8,13-14,16-17H,9-12,37H2,1H3,(H2,29,30,31)/b20-13+. The quantitative estimate of drug-likeness (QED) is 0.248. The largest absolute Gasteiger partial charge is 0.480 e. The summed E-state index contributed by atoms with van der Waals surface area (Å²) >= 11 is 0. The van der Waals surface area contributed by atoms with Crippen LogP contribution in [0.15, 0.2) is 66.6 Å². The maximum absolute atomic E-state index is 13.0. The number of benzene rings is 2. The van der Waals surface area contributed by atoms with E-state index in [0.29, 0.717) is 24.6 Å². The van der Waals surface area contributed by atoms with Crippen molar-refractivity contribution in [2.75, 3.05) is 39.0 Å². The third-order valence-electron chi connectivity index (χ3n) is 6.51. The summed E-state index contributed by atoms with van der Waals surface area (Å²) < 4.78 is 7.15. The molecule has 2 aromatic heterocycles. The molecule has 0 radical (unpaired) electrons. The first-order valence-corrected chi connectivity index (χ1v) is 12.2. The van der Waals surface area contributed by atoms with Gasteiger partial charge in [0, 0.05) is 43.6 Å². The number of hydrogen-bond acceptors (Lipinski definition) is 7. The minimum absolute atomic E-state index is 0.114. The Kier molecular flexibility index (Phi) is 6.87. The maximum atomic E-state index is 13.0. The fourth-order valence-corrected chi connectivity index (χ4v) is 4.62. The molecule has 2 N–H and O–H groups in total. The number of hydrogen-bond donors (Lipinski definition) is 1. The van der Waals surface area contributed by atoms with E-state index in [9.17, 15) is 10.1 Å². The number of rotatable bonds is 5. The summed E-state index contributed by atoms with van der Waals surface area (Å²) in [5.74, 6) is 0.861. The van der Waals surface area contributed by atoms with Crippen molar-refractivity contribution < 1.29 is 9.32 Å². The molecule has 3 heterocycles. The van der Waals surface area contributed by atoms with Gasteiger partial charge in [0.25, 0.3) is 5.91 Å². The Balaban J connectivity index is 1.54. The predicted octanol–water partition coefficient (Wildman–Crippen LogP) is 3.52. The number of nitrogen functional groups attached to an aromatic ring is 1. The number of nitrogens with zero attached hydrogens (tertiary/aromatic N) is 6. The Morgan fingerprint density at radius 2 is 1.89 bits per heavy atom. The zero-order valence-electron chi connectivity index (χ0n) is 20.3. The number of fused-ring (bicyclic) bond motifs is 1. The van der Waals surface area contributed by atoms with Crippen LogP contribution in [-0.2, 0) is 4.79 Å². The maximum Gasteiger partial charge on any atom is 0.264 e. The molecule has 1 atom stereocenters. The smallest absolute Gasteiger partial charge is 0.264 e. The van der Waals surface area contributed by atoms with Gasteiger partial charge in [-0.1, -0.05) is 24.3 Å². The van der Waals surface area contributed by atoms with Crippen LogP contribution in [-0.4, -0.2) is 63.5 Å². The lowest BCUT2D eigenvalue weighted by Gasteiger charge is -2.32. The van der Waals surface area contributed by atoms with Crippen LogP contribution in [0.25, 0.3) is 33.9 Å². The van der Waals surface area contributed by atoms with Crippen molar-refractivity contribution in [2.45, 2.75) is 0 Å². The van der Waals surface area contributed by atoms with E-state index < -0.39 is 0 Å². The van der Waals surface area contributed by atoms with Gasteiger partial charge in [-0.05, 0) is 48.5 Å². The first-order valence-electron chi connectivity index (χ1n) is 11.8. The molecule has 186 valence electrons. The van der Waals surface area contributed by atoms with Gasteiger partial charge in [0.15, 0.2) is 5.65 Å². The Hall–Kier alpha value is -4.25. The summed E-state index contributed by atoms with van der Waals surface area (Å²) in [4.78, 5) is 25.6. The highest BCUT2D eigenvalue weighted by molar-refractivity contribution is 7.10. The lowest BCUT2D eigenvalue weighted by atomic mass is 10.1. The highest BCUT2D eigenvalue weighted by atomic mass is 31.0. The number of aromatic nitrogens is 3. The minimum atomic E-state index is -0.242. The van der Waals surface area contributed by atoms with E-state index in [1.165, 1.54) is 6.33 Å². The van der Waals surface area contributed by atoms with Crippen LogP contribution >= 0.6 is 9.47 Å². The molecule has 1 saturated heterocycles. The number of piperazine rings is 1. The molecule has 37 heavy (non-hydrogen) atoms. The van der Waals surface area contributed by atoms with E-state index in [1.807, 2.05) is 66.3 Å². The predicted molar refractivity (Wildman–Crippen MR) is 147 cm³/mol. The highest BCUT2D eigenvalue weighted by Gasteiger charge is 2.22. The summed E-state index contributed by atoms with van der Waals surface area (Å²) in [6.45, 7) is 2.80. The van der Waals surface area contributed by atoms with Gasteiger partial charge >= 0.3 is 0 Å². The third-order valence-corrected chi connectivity index (χ3v) is 6.79. The molecule has 5 rings (SSSR count). The molecular weight excluding hydrogens is 485 g/mol. The second-order valence-electron chi connectivity index (χ2n) is 8.87. The van der Waals surface area contributed by atoms with E-state index in [0.717, 1.165) is 46.6 Å². The fourth-order valence-electron chi connectivity index (χ4n) is 4.47. The molecule has 1 aliphatic heterocycles. The molecule has 1 unspecified atom stereocenters. The fraction of sp³-hybridized carbons (Fsp3) is 0.185. The van der Waals surface area contributed by atoms with Gasteiger partial charge in [0.1, 0.15) is 29.5 Å². The monoisotopic (exact) mass is 511 g/mol. The molecule has 0 bridgehead atoms. The summed E-state index contributed by atoms with van der Waals surface area (Å²) in [6, 6.07) is 17.4. The van der Waals surface area contributed by atoms with Crippen molar-refractivity contribution >= 4 is 38.3 Å². The molecule has 2 aromatic carbocycles. The van der Waals surface area contributed by atoms with E-state index in [1.54, 1.807) is 11.0 Å². The number of carbonyl (C=O) groups is 1. The van der Waals surface area contributed by atoms with E-state index in [4.69, 9.17) is 10.3 Å². The summed E-state index contributed by atoms with van der Waals surface area (Å²) in [5, 5.41) is 10.5. The van der Waals surface area contributed by atoms with Gasteiger partial charge in [0.2, 0.25) is 0 Å². The van der Waals surface area contributed by atoms with E-state index in [2.05, 4.69) is 30.4 Å². The number of likely N-dealkylation sites (N-methyl/N-ethyl adjacent to an activating group) is 1. The number of nitriles is 1. The Morgan fingerprint density at radius 1 is 1.14 bits per heavy atom. The van der Waals surface area contributed by atoms with Crippen LogP contribution in [0.5, 0.6) is 5.75 Å². The van der Waals surface area contributed by atoms with Crippen LogP contribution in [0, 0.1) is 11.3 Å². The first-order chi connectivity index (χ1) is 18.0. The lowest BCUT2D eigenvalue weighted by molar-refractivity contribution is -0.128. The number of amides is 1. The van der Waals surface area contributed by atoms with Crippen molar-refractivity contribution in [1.82, 2.24) is 24.3 Å². The second kappa shape index (κ2) is 10.4. The molecule has 4 aromatic rings. The molecule has 9 nitrogen and oxygen atoms in total. The van der Waals surface area contributed by atoms with E-state index in [-0.39, 0.29) is 11.5 Å². The number of anilines is 1. The van der Waals surface area contributed by atoms with Gasteiger partial charge in [-0.3, -0.25) is 4.79 Å². The Bertz CT molecular complexity index is 1530. The SMILES string of the molecule is CN1CCN(C(=O)/C(C#N)=C/c2cccc(-n3cc(-c4ccc(OP)cc4)c4c(N)ncnc43)c2)CC1. The van der Waals surface area contributed by atoms with Crippen molar-refractivity contribution in [1.29, 1.82) is 5.26 Å². The van der Waals surface area contributed by atoms with Crippen LogP contribution in [0.3, 0.4) is 0 Å². The average molecular weight is 512 g/mol. The van der Waals surface area contributed by atoms with Crippen LogP contribution < -0.4 is 10.3 Å². The summed E-state index contributed by atoms with van der Waals surface area (Å²) in [6.07, 6.45) is 5.05. The molecule has 0 spiro atoms. The topological polar surface area (TPSA) is 113 Å². The van der Waals surface area contributed by atoms with Crippen molar-refractivity contribution in [3.63, 3.8) is 0 Å². The van der Waals surface area contributed by atoms with Crippen LogP contribution in [0.1, 0.15) is 5.56 Å². The van der Waals surface area contributed by atoms with Crippen LogP contribution in [0.2, 0.25) is 0 Å². The van der Waals surface area contributed by atoms with Crippen molar-refractivity contribution in [3.8, 4) is 28.6 Å². The molecule has 0 aliphatic carbocycles. The summed E-state index contributed by atoms with van der Waals surface area (Å²) in [5.41, 5.74) is 10.4. The van der Waals surface area contributed by atoms with Gasteiger partial charge in [-0.25, -0.2) is 9.97 Å². The molecule has 10 heteroatoms. The molecule has 0 saturated carbocycles. The highest BCUT2D eigenvalue weighted by Crippen LogP contribution is 2.35. The van der Waals surface area contributed by atoms with Crippen molar-refractivity contribution in [2.24, 2.45) is 0 Å². The zero-order chi connectivity index (χ0) is 25.9. The van der Waals surface area contributed by atoms with E-state index >= 15 is 0 Å². The van der Waals surface area contributed by atoms with Crippen molar-refractivity contribution in [3.05, 3.63) is 72.2 Å². The zero-order valence-corrected chi connectivity index (χ0v) is 21.5. The number of nitrogens with two attached hydrogens (primary N) is 1. The van der Waals surface area contributed by atoms with Crippen LogP contribution in [0.4, 0.5) is 5.82 Å². The van der Waals surface area contributed by atoms with Gasteiger partial charge in [-0.15, -0.1) is 0 Å². The van der Waals surface area contributed by atoms with Gasteiger partial charge < -0.3 is 24.6 Å². The molecular formula is C27H26N7O2P. The second-order valence-corrected chi connectivity index (χ2v) is 9.11. The van der Waals surface area contributed by atoms with Gasteiger partial charge in [0.05, 0.1) is 14.9 Å². The molecule has 1 fully saturated rings. The Labute approximate surface area is 217 Å².